The highest BCUT2D eigenvalue weighted by molar-refractivity contribution is 5.18. The predicted octanol–water partition coefficient (Wildman–Crippen LogP) is 2.85. The van der Waals surface area contributed by atoms with Gasteiger partial charge in [-0.3, -0.25) is 0 Å². The minimum Gasteiger partial charge on any atom is -0.353 e. The minimum absolute atomic E-state index is 0.291. The quantitative estimate of drug-likeness (QED) is 0.834. The monoisotopic (exact) mass is 243 g/mol. The van der Waals surface area contributed by atoms with Crippen LogP contribution in [0.4, 0.5) is 0 Å². The SMILES string of the molecule is CNC(c1ccn(CC2(CC#N)CC2)c1)C1CC1. The molecule has 2 saturated carbocycles. The fourth-order valence-electron chi connectivity index (χ4n) is 2.97. The molecule has 2 aliphatic carbocycles. The highest BCUT2D eigenvalue weighted by Gasteiger charge is 2.42. The summed E-state index contributed by atoms with van der Waals surface area (Å²) in [7, 11) is 2.05. The fraction of sp³-hybridized carbons (Fsp3) is 0.667. The van der Waals surface area contributed by atoms with Gasteiger partial charge < -0.3 is 9.88 Å². The predicted molar refractivity (Wildman–Crippen MR) is 70.9 cm³/mol. The van der Waals surface area contributed by atoms with E-state index in [2.05, 4.69) is 41.5 Å². The molecule has 0 aliphatic heterocycles. The molecule has 3 rings (SSSR count). The summed E-state index contributed by atoms with van der Waals surface area (Å²) in [6.45, 7) is 1.02. The zero-order chi connectivity index (χ0) is 12.6. The smallest absolute Gasteiger partial charge is 0.0628 e. The van der Waals surface area contributed by atoms with E-state index < -0.39 is 0 Å². The van der Waals surface area contributed by atoms with Gasteiger partial charge in [-0.15, -0.1) is 0 Å². The van der Waals surface area contributed by atoms with E-state index in [1.165, 1.54) is 31.2 Å². The van der Waals surface area contributed by atoms with E-state index in [1.54, 1.807) is 0 Å². The zero-order valence-corrected chi connectivity index (χ0v) is 11.0. The Hall–Kier alpha value is -1.27. The summed E-state index contributed by atoms with van der Waals surface area (Å²) >= 11 is 0. The average molecular weight is 243 g/mol. The molecule has 96 valence electrons. The molecule has 2 fully saturated rings. The number of aromatic nitrogens is 1. The molecule has 0 amide bonds. The Bertz CT molecular complexity index is 460. The van der Waals surface area contributed by atoms with Gasteiger partial charge in [-0.1, -0.05) is 0 Å². The van der Waals surface area contributed by atoms with Crippen molar-refractivity contribution in [2.45, 2.75) is 44.7 Å². The van der Waals surface area contributed by atoms with Crippen molar-refractivity contribution < 1.29 is 0 Å². The van der Waals surface area contributed by atoms with E-state index in [0.717, 1.165) is 12.5 Å². The Labute approximate surface area is 109 Å². The van der Waals surface area contributed by atoms with Gasteiger partial charge in [0.05, 0.1) is 6.07 Å². The third-order valence-corrected chi connectivity index (χ3v) is 4.47. The van der Waals surface area contributed by atoms with Gasteiger partial charge in [0, 0.05) is 36.8 Å². The van der Waals surface area contributed by atoms with Gasteiger partial charge in [0.2, 0.25) is 0 Å². The topological polar surface area (TPSA) is 40.8 Å². The molecule has 1 aromatic rings. The first-order chi connectivity index (χ1) is 8.76. The largest absolute Gasteiger partial charge is 0.353 e. The van der Waals surface area contributed by atoms with Crippen molar-refractivity contribution in [2.24, 2.45) is 11.3 Å². The molecule has 1 heterocycles. The van der Waals surface area contributed by atoms with E-state index in [1.807, 2.05) is 0 Å². The molecule has 3 heteroatoms. The maximum absolute atomic E-state index is 8.86. The molecule has 0 bridgehead atoms. The minimum atomic E-state index is 0.291. The summed E-state index contributed by atoms with van der Waals surface area (Å²) in [4.78, 5) is 0. The molecule has 0 aromatic carbocycles. The maximum Gasteiger partial charge on any atom is 0.0628 e. The van der Waals surface area contributed by atoms with E-state index in [-0.39, 0.29) is 0 Å². The van der Waals surface area contributed by atoms with E-state index in [4.69, 9.17) is 5.26 Å². The van der Waals surface area contributed by atoms with Crippen LogP contribution in [0.5, 0.6) is 0 Å². The van der Waals surface area contributed by atoms with Gasteiger partial charge in [0.1, 0.15) is 0 Å². The molecule has 1 N–H and O–H groups in total. The second-order valence-electron chi connectivity index (χ2n) is 6.06. The van der Waals surface area contributed by atoms with Gasteiger partial charge in [-0.2, -0.15) is 5.26 Å². The van der Waals surface area contributed by atoms with E-state index in [0.29, 0.717) is 17.9 Å². The van der Waals surface area contributed by atoms with E-state index >= 15 is 0 Å². The lowest BCUT2D eigenvalue weighted by atomic mass is 10.0. The molecule has 18 heavy (non-hydrogen) atoms. The second kappa shape index (κ2) is 4.44. The molecule has 3 nitrogen and oxygen atoms in total. The molecule has 0 spiro atoms. The van der Waals surface area contributed by atoms with Gasteiger partial charge >= 0.3 is 0 Å². The fourth-order valence-corrected chi connectivity index (χ4v) is 2.97. The first-order valence-electron chi connectivity index (χ1n) is 6.96. The van der Waals surface area contributed by atoms with Crippen LogP contribution < -0.4 is 5.32 Å². The van der Waals surface area contributed by atoms with Gasteiger partial charge in [-0.05, 0) is 50.3 Å². The van der Waals surface area contributed by atoms with Crippen molar-refractivity contribution >= 4 is 0 Å². The van der Waals surface area contributed by atoms with Crippen molar-refractivity contribution in [3.8, 4) is 6.07 Å². The number of nitrogens with zero attached hydrogens (tertiary/aromatic N) is 2. The summed E-state index contributed by atoms with van der Waals surface area (Å²) in [6, 6.07) is 5.10. The Morgan fingerprint density at radius 3 is 2.89 bits per heavy atom. The van der Waals surface area contributed by atoms with Crippen LogP contribution in [-0.4, -0.2) is 11.6 Å². The highest BCUT2D eigenvalue weighted by Crippen LogP contribution is 2.50. The molecule has 0 radical (unpaired) electrons. The Balaban J connectivity index is 1.68. The van der Waals surface area contributed by atoms with Crippen LogP contribution >= 0.6 is 0 Å². The Morgan fingerprint density at radius 1 is 1.56 bits per heavy atom. The van der Waals surface area contributed by atoms with Crippen LogP contribution in [0.2, 0.25) is 0 Å². The van der Waals surface area contributed by atoms with Crippen LogP contribution in [0.3, 0.4) is 0 Å². The Morgan fingerprint density at radius 2 is 2.33 bits per heavy atom. The lowest BCUT2D eigenvalue weighted by molar-refractivity contribution is 0.430. The number of hydrogen-bond acceptors (Lipinski definition) is 2. The van der Waals surface area contributed by atoms with Gasteiger partial charge in [-0.25, -0.2) is 0 Å². The lowest BCUT2D eigenvalue weighted by Crippen LogP contribution is -2.17. The molecule has 1 unspecified atom stereocenters. The average Bonchev–Trinajstić information content (AvgIpc) is 3.25. The molecule has 1 atom stereocenters. The maximum atomic E-state index is 8.86. The molecular weight excluding hydrogens is 222 g/mol. The summed E-state index contributed by atoms with van der Waals surface area (Å²) in [5.74, 6) is 0.833. The number of nitriles is 1. The van der Waals surface area contributed by atoms with Crippen molar-refractivity contribution in [1.29, 1.82) is 5.26 Å². The van der Waals surface area contributed by atoms with Crippen LogP contribution in [0, 0.1) is 22.7 Å². The lowest BCUT2D eigenvalue weighted by Gasteiger charge is -2.14. The van der Waals surface area contributed by atoms with Crippen LogP contribution in [-0.2, 0) is 6.54 Å². The van der Waals surface area contributed by atoms with Crippen molar-refractivity contribution in [3.05, 3.63) is 24.0 Å². The molecular formula is C15H21N3. The first-order valence-corrected chi connectivity index (χ1v) is 6.96. The molecule has 2 aliphatic rings. The number of rotatable bonds is 6. The molecule has 1 aromatic heterocycles. The van der Waals surface area contributed by atoms with Crippen LogP contribution in [0.15, 0.2) is 18.5 Å². The van der Waals surface area contributed by atoms with Gasteiger partial charge in [0.15, 0.2) is 0 Å². The standard InChI is InChI=1S/C15H21N3/c1-17-14(12-2-3-12)13-4-9-18(10-13)11-15(5-6-15)7-8-16/h4,9-10,12,14,17H,2-3,5-7,11H2,1H3. The highest BCUT2D eigenvalue weighted by atomic mass is 15.0. The van der Waals surface area contributed by atoms with E-state index in [9.17, 15) is 0 Å². The van der Waals surface area contributed by atoms with Crippen LogP contribution in [0.25, 0.3) is 0 Å². The van der Waals surface area contributed by atoms with Gasteiger partial charge in [0.25, 0.3) is 0 Å². The van der Waals surface area contributed by atoms with Crippen molar-refractivity contribution in [3.63, 3.8) is 0 Å². The Kier molecular flexibility index (Phi) is 2.91. The third kappa shape index (κ3) is 2.30. The first kappa shape index (κ1) is 11.8. The van der Waals surface area contributed by atoms with Crippen molar-refractivity contribution in [2.75, 3.05) is 7.05 Å². The number of nitrogens with one attached hydrogen (secondary N) is 1. The van der Waals surface area contributed by atoms with Crippen molar-refractivity contribution in [1.82, 2.24) is 9.88 Å². The summed E-state index contributed by atoms with van der Waals surface area (Å²) < 4.78 is 2.28. The molecule has 0 saturated heterocycles. The number of hydrogen-bond donors (Lipinski definition) is 1. The second-order valence-corrected chi connectivity index (χ2v) is 6.06. The summed E-state index contributed by atoms with van der Waals surface area (Å²) in [6.07, 6.45) is 10.3. The van der Waals surface area contributed by atoms with Crippen LogP contribution in [0.1, 0.15) is 43.7 Å². The summed E-state index contributed by atoms with van der Waals surface area (Å²) in [5, 5.41) is 12.3. The zero-order valence-electron chi connectivity index (χ0n) is 11.0. The third-order valence-electron chi connectivity index (χ3n) is 4.47. The summed E-state index contributed by atoms with van der Waals surface area (Å²) in [5.41, 5.74) is 1.70. The normalized spacial score (nSPS) is 22.4.